The van der Waals surface area contributed by atoms with Crippen LogP contribution in [0.1, 0.15) is 22.3 Å². The number of amides is 2. The molecule has 2 N–H and O–H groups in total. The normalized spacial score (nSPS) is 16.4. The molecule has 1 aliphatic rings. The zero-order chi connectivity index (χ0) is 19.4. The molecule has 0 aliphatic carbocycles. The Balaban J connectivity index is 1.51. The number of halogens is 1. The zero-order valence-electron chi connectivity index (χ0n) is 14.5. The summed E-state index contributed by atoms with van der Waals surface area (Å²) in [5.74, 6) is -2.72. The number of benzene rings is 2. The molecule has 2 aromatic rings. The van der Waals surface area contributed by atoms with E-state index in [4.69, 9.17) is 5.11 Å². The maximum absolute atomic E-state index is 13.0. The molecule has 1 atom stereocenters. The second-order valence-corrected chi connectivity index (χ2v) is 6.35. The molecule has 1 aliphatic heterocycles. The average molecular weight is 370 g/mol. The number of carbonyl (C=O) groups excluding carboxylic acids is 2. The maximum atomic E-state index is 13.0. The van der Waals surface area contributed by atoms with Crippen molar-refractivity contribution in [3.8, 4) is 0 Å². The molecule has 6 nitrogen and oxygen atoms in total. The maximum Gasteiger partial charge on any atom is 0.335 e. The number of hydrogen-bond donors (Lipinski definition) is 2. The van der Waals surface area contributed by atoms with Crippen LogP contribution in [0.4, 0.5) is 10.1 Å². The highest BCUT2D eigenvalue weighted by Crippen LogP contribution is 2.25. The predicted molar refractivity (Wildman–Crippen MR) is 97.0 cm³/mol. The van der Waals surface area contributed by atoms with Gasteiger partial charge in [-0.05, 0) is 54.8 Å². The van der Waals surface area contributed by atoms with Crippen LogP contribution in [-0.2, 0) is 16.0 Å². The van der Waals surface area contributed by atoms with E-state index in [1.165, 1.54) is 41.3 Å². The number of hydrogen-bond acceptors (Lipinski definition) is 3. The molecule has 1 unspecified atom stereocenters. The Labute approximate surface area is 155 Å². The molecule has 1 saturated heterocycles. The van der Waals surface area contributed by atoms with Crippen LogP contribution in [0.3, 0.4) is 0 Å². The Bertz CT molecular complexity index is 849. The molecule has 0 radical (unpaired) electrons. The topological polar surface area (TPSA) is 86.7 Å². The lowest BCUT2D eigenvalue weighted by Gasteiger charge is -2.16. The first-order valence-corrected chi connectivity index (χ1v) is 8.62. The minimum Gasteiger partial charge on any atom is -0.478 e. The molecule has 7 heteroatoms. The predicted octanol–water partition coefficient (Wildman–Crippen LogP) is 2.24. The summed E-state index contributed by atoms with van der Waals surface area (Å²) < 4.78 is 13.0. The molecular formula is C20H19FN2O4. The molecule has 0 aromatic heterocycles. The quantitative estimate of drug-likeness (QED) is 0.764. The minimum atomic E-state index is -0.986. The Morgan fingerprint density at radius 1 is 1.11 bits per heavy atom. The number of nitrogens with one attached hydrogen (secondary N) is 1. The molecule has 0 bridgehead atoms. The molecule has 0 saturated carbocycles. The number of carboxylic acid groups (broad SMARTS) is 1. The second kappa shape index (κ2) is 7.99. The third kappa shape index (κ3) is 4.31. The summed E-state index contributed by atoms with van der Waals surface area (Å²) in [7, 11) is 0. The van der Waals surface area contributed by atoms with Gasteiger partial charge < -0.3 is 15.3 Å². The van der Waals surface area contributed by atoms with Gasteiger partial charge in [-0.1, -0.05) is 12.1 Å². The van der Waals surface area contributed by atoms with Crippen LogP contribution in [-0.4, -0.2) is 36.0 Å². The van der Waals surface area contributed by atoms with Gasteiger partial charge in [-0.25, -0.2) is 9.18 Å². The van der Waals surface area contributed by atoms with Crippen molar-refractivity contribution in [2.24, 2.45) is 5.92 Å². The summed E-state index contributed by atoms with van der Waals surface area (Å²) >= 11 is 0. The van der Waals surface area contributed by atoms with Crippen LogP contribution in [0, 0.1) is 11.7 Å². The van der Waals surface area contributed by atoms with Gasteiger partial charge in [0.1, 0.15) is 11.7 Å². The third-order valence-electron chi connectivity index (χ3n) is 4.57. The molecule has 2 amide bonds. The van der Waals surface area contributed by atoms with Crippen molar-refractivity contribution in [2.75, 3.05) is 18.0 Å². The van der Waals surface area contributed by atoms with Gasteiger partial charge in [-0.3, -0.25) is 9.59 Å². The highest BCUT2D eigenvalue weighted by Gasteiger charge is 2.37. The van der Waals surface area contributed by atoms with Crippen molar-refractivity contribution in [3.63, 3.8) is 0 Å². The van der Waals surface area contributed by atoms with E-state index in [2.05, 4.69) is 5.32 Å². The Morgan fingerprint density at radius 2 is 1.78 bits per heavy atom. The molecule has 140 valence electrons. The third-order valence-corrected chi connectivity index (χ3v) is 4.57. The Hall–Kier alpha value is -3.22. The van der Waals surface area contributed by atoms with E-state index in [0.717, 1.165) is 5.56 Å². The average Bonchev–Trinajstić information content (AvgIpc) is 3.04. The summed E-state index contributed by atoms with van der Waals surface area (Å²) in [4.78, 5) is 37.1. The highest BCUT2D eigenvalue weighted by molar-refractivity contribution is 6.09. The lowest BCUT2D eigenvalue weighted by atomic mass is 10.1. The number of rotatable bonds is 6. The minimum absolute atomic E-state index is 0.209. The monoisotopic (exact) mass is 370 g/mol. The van der Waals surface area contributed by atoms with E-state index >= 15 is 0 Å². The SMILES string of the molecule is O=C(O)c1ccc(CCNC(=O)C2CCN(c3ccc(F)cc3)C2=O)cc1. The van der Waals surface area contributed by atoms with Crippen molar-refractivity contribution in [3.05, 3.63) is 65.5 Å². The van der Waals surface area contributed by atoms with Crippen LogP contribution in [0.15, 0.2) is 48.5 Å². The summed E-state index contributed by atoms with van der Waals surface area (Å²) in [5, 5.41) is 11.6. The number of carboxylic acids is 1. The highest BCUT2D eigenvalue weighted by atomic mass is 19.1. The molecular weight excluding hydrogens is 351 g/mol. The molecule has 0 spiro atoms. The fourth-order valence-corrected chi connectivity index (χ4v) is 3.07. The van der Waals surface area contributed by atoms with Crippen molar-refractivity contribution in [2.45, 2.75) is 12.8 Å². The summed E-state index contributed by atoms with van der Waals surface area (Å²) in [6, 6.07) is 12.0. The van der Waals surface area contributed by atoms with Gasteiger partial charge in [0, 0.05) is 18.8 Å². The summed E-state index contributed by atoms with van der Waals surface area (Å²) in [5.41, 5.74) is 1.68. The fourth-order valence-electron chi connectivity index (χ4n) is 3.07. The first kappa shape index (κ1) is 18.6. The standard InChI is InChI=1S/C20H19FN2O4/c21-15-5-7-16(8-6-15)23-12-10-17(19(23)25)18(24)22-11-9-13-1-3-14(4-2-13)20(26)27/h1-8,17H,9-12H2,(H,22,24)(H,26,27). The molecule has 27 heavy (non-hydrogen) atoms. The van der Waals surface area contributed by atoms with E-state index in [0.29, 0.717) is 31.6 Å². The molecule has 2 aromatic carbocycles. The Morgan fingerprint density at radius 3 is 2.41 bits per heavy atom. The van der Waals surface area contributed by atoms with Crippen LogP contribution in [0.5, 0.6) is 0 Å². The number of carbonyl (C=O) groups is 3. The lowest BCUT2D eigenvalue weighted by Crippen LogP contribution is -2.37. The van der Waals surface area contributed by atoms with E-state index in [1.54, 1.807) is 12.1 Å². The van der Waals surface area contributed by atoms with E-state index in [-0.39, 0.29) is 23.2 Å². The van der Waals surface area contributed by atoms with Crippen molar-refractivity contribution >= 4 is 23.5 Å². The van der Waals surface area contributed by atoms with E-state index in [1.807, 2.05) is 0 Å². The van der Waals surface area contributed by atoms with Crippen molar-refractivity contribution < 1.29 is 23.9 Å². The van der Waals surface area contributed by atoms with Crippen LogP contribution in [0.25, 0.3) is 0 Å². The Kier molecular flexibility index (Phi) is 5.49. The largest absolute Gasteiger partial charge is 0.478 e. The van der Waals surface area contributed by atoms with Gasteiger partial charge in [-0.15, -0.1) is 0 Å². The van der Waals surface area contributed by atoms with Crippen LogP contribution in [0.2, 0.25) is 0 Å². The zero-order valence-corrected chi connectivity index (χ0v) is 14.5. The molecule has 1 fully saturated rings. The molecule has 3 rings (SSSR count). The van der Waals surface area contributed by atoms with Crippen LogP contribution < -0.4 is 10.2 Å². The van der Waals surface area contributed by atoms with E-state index in [9.17, 15) is 18.8 Å². The summed E-state index contributed by atoms with van der Waals surface area (Å²) in [6.07, 6.45) is 0.948. The smallest absolute Gasteiger partial charge is 0.335 e. The van der Waals surface area contributed by atoms with Gasteiger partial charge in [-0.2, -0.15) is 0 Å². The van der Waals surface area contributed by atoms with Crippen molar-refractivity contribution in [1.82, 2.24) is 5.32 Å². The summed E-state index contributed by atoms with van der Waals surface area (Å²) in [6.45, 7) is 0.769. The van der Waals surface area contributed by atoms with Crippen LogP contribution >= 0.6 is 0 Å². The fraction of sp³-hybridized carbons (Fsp3) is 0.250. The number of nitrogens with zero attached hydrogens (tertiary/aromatic N) is 1. The van der Waals surface area contributed by atoms with Gasteiger partial charge in [0.15, 0.2) is 0 Å². The van der Waals surface area contributed by atoms with Gasteiger partial charge >= 0.3 is 5.97 Å². The first-order chi connectivity index (χ1) is 13.0. The second-order valence-electron chi connectivity index (χ2n) is 6.35. The molecule has 1 heterocycles. The van der Waals surface area contributed by atoms with Gasteiger partial charge in [0.25, 0.3) is 0 Å². The van der Waals surface area contributed by atoms with Gasteiger partial charge in [0.05, 0.1) is 5.56 Å². The number of anilines is 1. The lowest BCUT2D eigenvalue weighted by molar-refractivity contribution is -0.132. The first-order valence-electron chi connectivity index (χ1n) is 8.62. The number of aromatic carboxylic acids is 1. The van der Waals surface area contributed by atoms with Gasteiger partial charge in [0.2, 0.25) is 11.8 Å². The van der Waals surface area contributed by atoms with Crippen molar-refractivity contribution in [1.29, 1.82) is 0 Å². The van der Waals surface area contributed by atoms with E-state index < -0.39 is 11.9 Å².